The van der Waals surface area contributed by atoms with Crippen LogP contribution in [0.1, 0.15) is 5.56 Å². The lowest BCUT2D eigenvalue weighted by Crippen LogP contribution is -2.27. The van der Waals surface area contributed by atoms with E-state index in [1.807, 2.05) is 18.2 Å². The van der Waals surface area contributed by atoms with E-state index in [9.17, 15) is 4.79 Å². The lowest BCUT2D eigenvalue weighted by molar-refractivity contribution is -0.141. The Morgan fingerprint density at radius 3 is 2.93 bits per heavy atom. The summed E-state index contributed by atoms with van der Waals surface area (Å²) in [5.41, 5.74) is 1.99. The molecule has 1 aromatic rings. The predicted molar refractivity (Wildman–Crippen MR) is 56.1 cm³/mol. The highest BCUT2D eigenvalue weighted by molar-refractivity contribution is 5.83. The number of nitrogens with one attached hydrogen (secondary N) is 1. The molecule has 0 aromatic heterocycles. The van der Waals surface area contributed by atoms with Crippen molar-refractivity contribution in [1.82, 2.24) is 0 Å². The van der Waals surface area contributed by atoms with Crippen LogP contribution in [0.2, 0.25) is 0 Å². The zero-order valence-corrected chi connectivity index (χ0v) is 8.74. The fourth-order valence-electron chi connectivity index (χ4n) is 1.83. The molecule has 1 aliphatic heterocycles. The first-order chi connectivity index (χ1) is 7.26. The van der Waals surface area contributed by atoms with Crippen molar-refractivity contribution >= 4 is 11.7 Å². The van der Waals surface area contributed by atoms with Gasteiger partial charge in [-0.15, -0.1) is 0 Å². The molecule has 2 rings (SSSR count). The van der Waals surface area contributed by atoms with Crippen LogP contribution < -0.4 is 10.1 Å². The van der Waals surface area contributed by atoms with Crippen molar-refractivity contribution in [3.05, 3.63) is 23.8 Å². The van der Waals surface area contributed by atoms with Crippen LogP contribution in [0.15, 0.2) is 18.2 Å². The maximum atomic E-state index is 11.4. The van der Waals surface area contributed by atoms with E-state index >= 15 is 0 Å². The van der Waals surface area contributed by atoms with Crippen LogP contribution in [0.5, 0.6) is 5.75 Å². The van der Waals surface area contributed by atoms with E-state index in [1.165, 1.54) is 7.11 Å². The fourth-order valence-corrected chi connectivity index (χ4v) is 1.83. The molecule has 1 heterocycles. The van der Waals surface area contributed by atoms with Gasteiger partial charge in [-0.1, -0.05) is 6.07 Å². The Balaban J connectivity index is 2.26. The third kappa shape index (κ3) is 1.63. The van der Waals surface area contributed by atoms with E-state index in [0.29, 0.717) is 6.42 Å². The van der Waals surface area contributed by atoms with Crippen molar-refractivity contribution in [3.8, 4) is 5.75 Å². The van der Waals surface area contributed by atoms with Gasteiger partial charge < -0.3 is 14.8 Å². The second kappa shape index (κ2) is 3.81. The average molecular weight is 207 g/mol. The van der Waals surface area contributed by atoms with E-state index in [-0.39, 0.29) is 12.0 Å². The number of ether oxygens (including phenoxy) is 2. The minimum Gasteiger partial charge on any atom is -0.496 e. The Hall–Kier alpha value is -1.71. The van der Waals surface area contributed by atoms with Gasteiger partial charge >= 0.3 is 5.97 Å². The topological polar surface area (TPSA) is 47.6 Å². The number of anilines is 1. The van der Waals surface area contributed by atoms with Crippen LogP contribution in [0, 0.1) is 0 Å². The molecule has 1 unspecified atom stereocenters. The highest BCUT2D eigenvalue weighted by Crippen LogP contribution is 2.33. The molecule has 1 aromatic carbocycles. The summed E-state index contributed by atoms with van der Waals surface area (Å²) in [6, 6.07) is 5.42. The third-order valence-electron chi connectivity index (χ3n) is 2.58. The molecule has 1 aliphatic rings. The minimum atomic E-state index is -0.290. The summed E-state index contributed by atoms with van der Waals surface area (Å²) < 4.78 is 9.92. The quantitative estimate of drug-likeness (QED) is 0.740. The Bertz CT molecular complexity index is 389. The van der Waals surface area contributed by atoms with Crippen LogP contribution >= 0.6 is 0 Å². The average Bonchev–Trinajstić information content (AvgIpc) is 2.71. The van der Waals surface area contributed by atoms with Crippen molar-refractivity contribution in [2.24, 2.45) is 0 Å². The maximum Gasteiger partial charge on any atom is 0.328 e. The molecule has 4 nitrogen and oxygen atoms in total. The van der Waals surface area contributed by atoms with Crippen LogP contribution in [-0.4, -0.2) is 26.2 Å². The lowest BCUT2D eigenvalue weighted by atomic mass is 10.1. The van der Waals surface area contributed by atoms with Gasteiger partial charge in [0.25, 0.3) is 0 Å². The fraction of sp³-hybridized carbons (Fsp3) is 0.364. The first-order valence-electron chi connectivity index (χ1n) is 4.76. The first-order valence-corrected chi connectivity index (χ1v) is 4.76. The van der Waals surface area contributed by atoms with Gasteiger partial charge in [-0.05, 0) is 12.1 Å². The molecule has 0 fully saturated rings. The number of fused-ring (bicyclic) bond motifs is 1. The summed E-state index contributed by atoms with van der Waals surface area (Å²) in [6.45, 7) is 0. The number of esters is 1. The molecule has 0 amide bonds. The highest BCUT2D eigenvalue weighted by atomic mass is 16.5. The minimum absolute atomic E-state index is 0.242. The molecule has 0 saturated carbocycles. The SMILES string of the molecule is COC(=O)C1Cc2c(cccc2OC)N1. The van der Waals surface area contributed by atoms with E-state index in [0.717, 1.165) is 17.0 Å². The van der Waals surface area contributed by atoms with Gasteiger partial charge in [0.05, 0.1) is 14.2 Å². The van der Waals surface area contributed by atoms with E-state index < -0.39 is 0 Å². The molecule has 0 saturated heterocycles. The maximum absolute atomic E-state index is 11.4. The van der Waals surface area contributed by atoms with Gasteiger partial charge in [-0.3, -0.25) is 0 Å². The summed E-state index contributed by atoms with van der Waals surface area (Å²) in [7, 11) is 3.02. The van der Waals surface area contributed by atoms with Gasteiger partial charge in [-0.2, -0.15) is 0 Å². The third-order valence-corrected chi connectivity index (χ3v) is 2.58. The van der Waals surface area contributed by atoms with Crippen LogP contribution in [0.3, 0.4) is 0 Å². The van der Waals surface area contributed by atoms with Crippen molar-refractivity contribution in [2.75, 3.05) is 19.5 Å². The Labute approximate surface area is 88.2 Å². The molecule has 0 aliphatic carbocycles. The summed E-state index contributed by atoms with van der Waals surface area (Å²) in [6.07, 6.45) is 0.617. The molecular formula is C11H13NO3. The Morgan fingerprint density at radius 2 is 2.27 bits per heavy atom. The van der Waals surface area contributed by atoms with Gasteiger partial charge in [0.15, 0.2) is 0 Å². The van der Waals surface area contributed by atoms with E-state index in [4.69, 9.17) is 9.47 Å². The standard InChI is InChI=1S/C11H13NO3/c1-14-10-5-3-4-8-7(10)6-9(12-8)11(13)15-2/h3-5,9,12H,6H2,1-2H3. The molecule has 80 valence electrons. The number of hydrogen-bond acceptors (Lipinski definition) is 4. The highest BCUT2D eigenvalue weighted by Gasteiger charge is 2.29. The molecule has 0 radical (unpaired) electrons. The number of carbonyl (C=O) groups is 1. The number of benzene rings is 1. The number of carbonyl (C=O) groups excluding carboxylic acids is 1. The number of rotatable bonds is 2. The number of hydrogen-bond donors (Lipinski definition) is 1. The zero-order chi connectivity index (χ0) is 10.8. The zero-order valence-electron chi connectivity index (χ0n) is 8.74. The summed E-state index contributed by atoms with van der Waals surface area (Å²) >= 11 is 0. The van der Waals surface area contributed by atoms with Gasteiger partial charge in [0.2, 0.25) is 0 Å². The summed E-state index contributed by atoms with van der Waals surface area (Å²) in [4.78, 5) is 11.4. The lowest BCUT2D eigenvalue weighted by Gasteiger charge is -2.07. The predicted octanol–water partition coefficient (Wildman–Crippen LogP) is 1.20. The molecule has 4 heteroatoms. The second-order valence-electron chi connectivity index (χ2n) is 3.41. The normalized spacial score (nSPS) is 17.9. The molecule has 15 heavy (non-hydrogen) atoms. The van der Waals surface area contributed by atoms with E-state index in [2.05, 4.69) is 5.32 Å². The largest absolute Gasteiger partial charge is 0.496 e. The molecule has 0 spiro atoms. The van der Waals surface area contributed by atoms with Crippen molar-refractivity contribution < 1.29 is 14.3 Å². The van der Waals surface area contributed by atoms with Crippen LogP contribution in [-0.2, 0) is 16.0 Å². The first kappa shape index (κ1) is 9.83. The monoisotopic (exact) mass is 207 g/mol. The summed E-state index contributed by atoms with van der Waals surface area (Å²) in [5, 5.41) is 3.11. The Kier molecular flexibility index (Phi) is 2.49. The van der Waals surface area contributed by atoms with Crippen LogP contribution in [0.25, 0.3) is 0 Å². The Morgan fingerprint density at radius 1 is 1.47 bits per heavy atom. The molecular weight excluding hydrogens is 194 g/mol. The van der Waals surface area contributed by atoms with Crippen molar-refractivity contribution in [1.29, 1.82) is 0 Å². The second-order valence-corrected chi connectivity index (χ2v) is 3.41. The van der Waals surface area contributed by atoms with Gasteiger partial charge in [0, 0.05) is 17.7 Å². The van der Waals surface area contributed by atoms with Crippen molar-refractivity contribution in [2.45, 2.75) is 12.5 Å². The molecule has 1 atom stereocenters. The van der Waals surface area contributed by atoms with Gasteiger partial charge in [0.1, 0.15) is 11.8 Å². The number of methoxy groups -OCH3 is 2. The smallest absolute Gasteiger partial charge is 0.328 e. The van der Waals surface area contributed by atoms with Gasteiger partial charge in [-0.25, -0.2) is 4.79 Å². The van der Waals surface area contributed by atoms with E-state index in [1.54, 1.807) is 7.11 Å². The van der Waals surface area contributed by atoms with Crippen LogP contribution in [0.4, 0.5) is 5.69 Å². The molecule has 1 N–H and O–H groups in total. The summed E-state index contributed by atoms with van der Waals surface area (Å²) in [5.74, 6) is 0.569. The molecule has 0 bridgehead atoms. The van der Waals surface area contributed by atoms with Crippen molar-refractivity contribution in [3.63, 3.8) is 0 Å².